The second-order valence-corrected chi connectivity index (χ2v) is 10.3. The lowest BCUT2D eigenvalue weighted by Gasteiger charge is -2.44. The Kier molecular flexibility index (Phi) is 6.11. The predicted molar refractivity (Wildman–Crippen MR) is 126 cm³/mol. The first-order chi connectivity index (χ1) is 14.4. The van der Waals surface area contributed by atoms with Crippen LogP contribution in [0.1, 0.15) is 34.3 Å². The van der Waals surface area contributed by atoms with Crippen LogP contribution >= 0.6 is 27.7 Å². The normalized spacial score (nSPS) is 18.0. The van der Waals surface area contributed by atoms with Gasteiger partial charge in [-0.1, -0.05) is 40.2 Å². The zero-order chi connectivity index (χ0) is 21.3. The summed E-state index contributed by atoms with van der Waals surface area (Å²) >= 11 is 5.32. The van der Waals surface area contributed by atoms with Crippen LogP contribution in [0.2, 0.25) is 0 Å². The van der Waals surface area contributed by atoms with Crippen molar-refractivity contribution in [2.75, 3.05) is 30.7 Å². The van der Waals surface area contributed by atoms with Gasteiger partial charge in [-0.3, -0.25) is 4.79 Å². The van der Waals surface area contributed by atoms with Crippen LogP contribution in [-0.4, -0.2) is 52.0 Å². The molecule has 3 amide bonds. The summed E-state index contributed by atoms with van der Waals surface area (Å²) in [7, 11) is 0. The topological polar surface area (TPSA) is 52.7 Å². The van der Waals surface area contributed by atoms with Gasteiger partial charge in [0.1, 0.15) is 0 Å². The number of para-hydroxylation sites is 1. The number of piperidine rings is 1. The molecule has 0 atom stereocenters. The maximum Gasteiger partial charge on any atom is 0.321 e. The highest BCUT2D eigenvalue weighted by Crippen LogP contribution is 2.44. The van der Waals surface area contributed by atoms with Crippen LogP contribution in [0.25, 0.3) is 0 Å². The highest BCUT2D eigenvalue weighted by Gasteiger charge is 2.47. The molecule has 2 aromatic rings. The molecule has 2 aromatic carbocycles. The fourth-order valence-corrected chi connectivity index (χ4v) is 6.20. The molecule has 2 heterocycles. The van der Waals surface area contributed by atoms with Crippen molar-refractivity contribution in [2.24, 2.45) is 0 Å². The van der Waals surface area contributed by atoms with Crippen molar-refractivity contribution in [3.8, 4) is 0 Å². The zero-order valence-corrected chi connectivity index (χ0v) is 19.7. The number of urea groups is 1. The van der Waals surface area contributed by atoms with Crippen molar-refractivity contribution in [1.29, 1.82) is 0 Å². The molecule has 0 saturated carbocycles. The van der Waals surface area contributed by atoms with E-state index in [1.54, 1.807) is 0 Å². The van der Waals surface area contributed by atoms with Gasteiger partial charge in [-0.25, -0.2) is 4.79 Å². The number of hydrogen-bond acceptors (Lipinski definition) is 3. The molecule has 1 N–H and O–H groups in total. The summed E-state index contributed by atoms with van der Waals surface area (Å²) in [5.74, 6) is 1.02. The minimum absolute atomic E-state index is 0.0601. The molecule has 7 heteroatoms. The van der Waals surface area contributed by atoms with E-state index in [9.17, 15) is 9.59 Å². The number of aryl methyl sites for hydroxylation is 2. The third kappa shape index (κ3) is 4.10. The first-order valence-corrected chi connectivity index (χ1v) is 12.0. The monoisotopic (exact) mass is 487 g/mol. The lowest BCUT2D eigenvalue weighted by molar-refractivity contribution is 0.0585. The molecule has 30 heavy (non-hydrogen) atoms. The highest BCUT2D eigenvalue weighted by molar-refractivity contribution is 9.10. The molecule has 1 spiro atoms. The Morgan fingerprint density at radius 2 is 1.70 bits per heavy atom. The number of likely N-dealkylation sites (tertiary alicyclic amines) is 1. The molecule has 0 bridgehead atoms. The summed E-state index contributed by atoms with van der Waals surface area (Å²) in [6.45, 7) is 6.06. The number of nitrogens with one attached hydrogen (secondary N) is 1. The van der Waals surface area contributed by atoms with Crippen molar-refractivity contribution in [3.05, 3.63) is 63.6 Å². The Morgan fingerprint density at radius 3 is 2.37 bits per heavy atom. The van der Waals surface area contributed by atoms with E-state index < -0.39 is 0 Å². The second-order valence-electron chi connectivity index (χ2n) is 7.95. The van der Waals surface area contributed by atoms with Crippen LogP contribution < -0.4 is 5.32 Å². The van der Waals surface area contributed by atoms with E-state index >= 15 is 0 Å². The average molecular weight is 488 g/mol. The van der Waals surface area contributed by atoms with E-state index in [2.05, 4.69) is 21.2 Å². The first kappa shape index (κ1) is 21.2. The number of hydrogen-bond donors (Lipinski definition) is 1. The Morgan fingerprint density at radius 1 is 1.03 bits per heavy atom. The molecule has 0 aliphatic carbocycles. The van der Waals surface area contributed by atoms with E-state index in [1.165, 1.54) is 0 Å². The van der Waals surface area contributed by atoms with Gasteiger partial charge in [-0.2, -0.15) is 0 Å². The van der Waals surface area contributed by atoms with Gasteiger partial charge in [-0.15, -0.1) is 11.8 Å². The lowest BCUT2D eigenvalue weighted by Crippen LogP contribution is -2.54. The number of halogens is 1. The third-order valence-electron chi connectivity index (χ3n) is 6.04. The van der Waals surface area contributed by atoms with Gasteiger partial charge in [0.2, 0.25) is 0 Å². The van der Waals surface area contributed by atoms with Gasteiger partial charge >= 0.3 is 6.03 Å². The number of rotatable bonds is 2. The zero-order valence-electron chi connectivity index (χ0n) is 17.3. The summed E-state index contributed by atoms with van der Waals surface area (Å²) in [4.78, 5) is 29.8. The summed E-state index contributed by atoms with van der Waals surface area (Å²) in [5.41, 5.74) is 3.73. The number of anilines is 1. The van der Waals surface area contributed by atoms with Crippen LogP contribution in [0.3, 0.4) is 0 Å². The Bertz CT molecular complexity index is 952. The number of carbonyl (C=O) groups is 2. The number of nitrogens with zero attached hydrogens (tertiary/aromatic N) is 2. The molecule has 4 rings (SSSR count). The van der Waals surface area contributed by atoms with Crippen molar-refractivity contribution in [2.45, 2.75) is 31.6 Å². The fourth-order valence-electron chi connectivity index (χ4n) is 4.34. The standard InChI is InChI=1S/C23H26BrN3O2S/c1-16-5-3-6-17(2)20(16)25-22(29)26-11-9-23(10-12-26)27(13-14-30-23)21(28)18-7-4-8-19(24)15-18/h3-8,15H,9-14H2,1-2H3,(H,25,29). The smallest absolute Gasteiger partial charge is 0.321 e. The SMILES string of the molecule is Cc1cccc(C)c1NC(=O)N1CCC2(CC1)SCCN2C(=O)c1cccc(Br)c1. The molecular formula is C23H26BrN3O2S. The quantitative estimate of drug-likeness (QED) is 0.626. The molecule has 2 aliphatic rings. The summed E-state index contributed by atoms with van der Waals surface area (Å²) in [6, 6.07) is 13.5. The molecule has 0 unspecified atom stereocenters. The predicted octanol–water partition coefficient (Wildman–Crippen LogP) is 5.28. The summed E-state index contributed by atoms with van der Waals surface area (Å²) in [6.07, 6.45) is 1.58. The van der Waals surface area contributed by atoms with E-state index in [-0.39, 0.29) is 16.8 Å². The summed E-state index contributed by atoms with van der Waals surface area (Å²) < 4.78 is 0.909. The van der Waals surface area contributed by atoms with Crippen LogP contribution in [0.15, 0.2) is 46.9 Å². The van der Waals surface area contributed by atoms with Crippen molar-refractivity contribution >= 4 is 45.3 Å². The largest absolute Gasteiger partial charge is 0.324 e. The average Bonchev–Trinajstić information content (AvgIpc) is 3.13. The number of thioether (sulfide) groups is 1. The maximum atomic E-state index is 13.2. The van der Waals surface area contributed by atoms with E-state index in [1.807, 2.05) is 77.9 Å². The van der Waals surface area contributed by atoms with E-state index in [4.69, 9.17) is 0 Å². The van der Waals surface area contributed by atoms with Crippen LogP contribution in [0.5, 0.6) is 0 Å². The minimum Gasteiger partial charge on any atom is -0.324 e. The van der Waals surface area contributed by atoms with E-state index in [0.717, 1.165) is 46.4 Å². The van der Waals surface area contributed by atoms with Crippen LogP contribution in [-0.2, 0) is 0 Å². The maximum absolute atomic E-state index is 13.2. The van der Waals surface area contributed by atoms with Gasteiger partial charge < -0.3 is 15.1 Å². The van der Waals surface area contributed by atoms with Crippen molar-refractivity contribution < 1.29 is 9.59 Å². The molecule has 2 saturated heterocycles. The van der Waals surface area contributed by atoms with Gasteiger partial charge in [-0.05, 0) is 56.0 Å². The molecule has 0 aromatic heterocycles. The third-order valence-corrected chi connectivity index (χ3v) is 8.09. The Balaban J connectivity index is 1.44. The number of benzene rings is 2. The number of amides is 3. The van der Waals surface area contributed by atoms with Gasteiger partial charge in [0.25, 0.3) is 5.91 Å². The lowest BCUT2D eigenvalue weighted by atomic mass is 10.0. The molecule has 2 aliphatic heterocycles. The molecule has 0 radical (unpaired) electrons. The van der Waals surface area contributed by atoms with Crippen LogP contribution in [0, 0.1) is 13.8 Å². The molecule has 2 fully saturated rings. The summed E-state index contributed by atoms with van der Waals surface area (Å²) in [5, 5.41) is 3.09. The van der Waals surface area contributed by atoms with Crippen LogP contribution in [0.4, 0.5) is 10.5 Å². The van der Waals surface area contributed by atoms with Crippen molar-refractivity contribution in [1.82, 2.24) is 9.80 Å². The van der Waals surface area contributed by atoms with Gasteiger partial charge in [0.15, 0.2) is 0 Å². The highest BCUT2D eigenvalue weighted by atomic mass is 79.9. The molecule has 158 valence electrons. The molecular weight excluding hydrogens is 462 g/mol. The van der Waals surface area contributed by atoms with Crippen molar-refractivity contribution in [3.63, 3.8) is 0 Å². The molecule has 5 nitrogen and oxygen atoms in total. The first-order valence-electron chi connectivity index (χ1n) is 10.2. The minimum atomic E-state index is -0.214. The van der Waals surface area contributed by atoms with Gasteiger partial charge in [0.05, 0.1) is 4.87 Å². The number of carbonyl (C=O) groups excluding carboxylic acids is 2. The second kappa shape index (κ2) is 8.63. The Labute approximate surface area is 190 Å². The van der Waals surface area contributed by atoms with Gasteiger partial charge in [0, 0.05) is 41.1 Å². The van der Waals surface area contributed by atoms with E-state index in [0.29, 0.717) is 18.7 Å². The fraction of sp³-hybridized carbons (Fsp3) is 0.391. The Hall–Kier alpha value is -1.99.